The van der Waals surface area contributed by atoms with Gasteiger partial charge in [-0.2, -0.15) is 5.10 Å². The van der Waals surface area contributed by atoms with Gasteiger partial charge in [-0.3, -0.25) is 5.10 Å². The standard InChI is InChI=1S/C14H16N4/c1-2-10-8-15-6-7-18-9-12(11(3-1)14(10)18)13-4-5-16-17-13/h2,4-5,9,15H,1,3,6-8H2,(H,16,17). The Morgan fingerprint density at radius 3 is 3.22 bits per heavy atom. The quantitative estimate of drug-likeness (QED) is 0.798. The molecule has 92 valence electrons. The summed E-state index contributed by atoms with van der Waals surface area (Å²) in [5.74, 6) is 0. The number of nitrogens with one attached hydrogen (secondary N) is 2. The van der Waals surface area contributed by atoms with E-state index in [2.05, 4.69) is 38.4 Å². The Morgan fingerprint density at radius 1 is 1.33 bits per heavy atom. The lowest BCUT2D eigenvalue weighted by Crippen LogP contribution is -2.17. The number of aromatic nitrogens is 3. The number of hydrogen-bond acceptors (Lipinski definition) is 2. The summed E-state index contributed by atoms with van der Waals surface area (Å²) in [4.78, 5) is 0. The molecule has 1 aliphatic heterocycles. The Morgan fingerprint density at radius 2 is 2.33 bits per heavy atom. The van der Waals surface area contributed by atoms with Crippen LogP contribution in [0.5, 0.6) is 0 Å². The summed E-state index contributed by atoms with van der Waals surface area (Å²) in [6.07, 6.45) is 8.78. The molecule has 0 saturated heterocycles. The summed E-state index contributed by atoms with van der Waals surface area (Å²) in [5.41, 5.74) is 6.85. The van der Waals surface area contributed by atoms with Crippen molar-refractivity contribution in [2.75, 3.05) is 13.1 Å². The van der Waals surface area contributed by atoms with Crippen LogP contribution in [0.2, 0.25) is 0 Å². The van der Waals surface area contributed by atoms with Crippen molar-refractivity contribution in [3.05, 3.63) is 35.8 Å². The van der Waals surface area contributed by atoms with E-state index in [1.165, 1.54) is 22.4 Å². The maximum Gasteiger partial charge on any atom is 0.0668 e. The van der Waals surface area contributed by atoms with Crippen LogP contribution in [0.4, 0.5) is 0 Å². The first kappa shape index (κ1) is 10.1. The van der Waals surface area contributed by atoms with Crippen LogP contribution in [0.1, 0.15) is 17.7 Å². The molecular formula is C14H16N4. The van der Waals surface area contributed by atoms with Crippen molar-refractivity contribution >= 4 is 5.57 Å². The van der Waals surface area contributed by atoms with Crippen molar-refractivity contribution in [2.24, 2.45) is 0 Å². The summed E-state index contributed by atoms with van der Waals surface area (Å²) in [6.45, 7) is 3.09. The third kappa shape index (κ3) is 1.39. The van der Waals surface area contributed by atoms with Crippen LogP contribution in [-0.4, -0.2) is 27.9 Å². The van der Waals surface area contributed by atoms with Crippen LogP contribution in [0.3, 0.4) is 0 Å². The molecule has 0 radical (unpaired) electrons. The van der Waals surface area contributed by atoms with E-state index < -0.39 is 0 Å². The Kier molecular flexibility index (Phi) is 2.17. The third-order valence-electron chi connectivity index (χ3n) is 3.91. The van der Waals surface area contributed by atoms with E-state index in [9.17, 15) is 0 Å². The summed E-state index contributed by atoms with van der Waals surface area (Å²) < 4.78 is 2.40. The second kappa shape index (κ2) is 3.85. The van der Waals surface area contributed by atoms with Crippen molar-refractivity contribution < 1.29 is 0 Å². The van der Waals surface area contributed by atoms with E-state index in [1.807, 2.05) is 6.20 Å². The van der Waals surface area contributed by atoms with Crippen LogP contribution in [-0.2, 0) is 13.0 Å². The molecule has 0 fully saturated rings. The van der Waals surface area contributed by atoms with Crippen molar-refractivity contribution in [1.29, 1.82) is 0 Å². The van der Waals surface area contributed by atoms with E-state index in [1.54, 1.807) is 0 Å². The highest BCUT2D eigenvalue weighted by Gasteiger charge is 2.23. The molecule has 2 N–H and O–H groups in total. The average Bonchev–Trinajstić information content (AvgIpc) is 2.97. The first-order valence-electron chi connectivity index (χ1n) is 6.55. The van der Waals surface area contributed by atoms with Crippen LogP contribution in [0, 0.1) is 0 Å². The van der Waals surface area contributed by atoms with E-state index in [0.717, 1.165) is 38.2 Å². The highest BCUT2D eigenvalue weighted by molar-refractivity contribution is 5.77. The number of nitrogens with zero attached hydrogens (tertiary/aromatic N) is 2. The molecule has 0 saturated carbocycles. The van der Waals surface area contributed by atoms with Crippen molar-refractivity contribution in [2.45, 2.75) is 19.4 Å². The molecule has 0 unspecified atom stereocenters. The summed E-state index contributed by atoms with van der Waals surface area (Å²) >= 11 is 0. The van der Waals surface area contributed by atoms with E-state index in [4.69, 9.17) is 0 Å². The second-order valence-corrected chi connectivity index (χ2v) is 4.98. The fourth-order valence-electron chi connectivity index (χ4n) is 3.11. The first-order valence-corrected chi connectivity index (χ1v) is 6.55. The Labute approximate surface area is 106 Å². The maximum atomic E-state index is 4.07. The lowest BCUT2D eigenvalue weighted by atomic mass is 9.93. The van der Waals surface area contributed by atoms with Crippen molar-refractivity contribution in [3.63, 3.8) is 0 Å². The lowest BCUT2D eigenvalue weighted by molar-refractivity contribution is 0.650. The van der Waals surface area contributed by atoms with Crippen LogP contribution in [0.25, 0.3) is 16.8 Å². The van der Waals surface area contributed by atoms with Gasteiger partial charge in [0.25, 0.3) is 0 Å². The topological polar surface area (TPSA) is 45.6 Å². The Hall–Kier alpha value is -1.81. The van der Waals surface area contributed by atoms with Gasteiger partial charge < -0.3 is 9.88 Å². The zero-order chi connectivity index (χ0) is 11.9. The van der Waals surface area contributed by atoms with Crippen LogP contribution >= 0.6 is 0 Å². The predicted octanol–water partition coefficient (Wildman–Crippen LogP) is 1.81. The summed E-state index contributed by atoms with van der Waals surface area (Å²) in [6, 6.07) is 2.06. The van der Waals surface area contributed by atoms with Gasteiger partial charge in [0, 0.05) is 43.3 Å². The molecule has 2 aliphatic rings. The van der Waals surface area contributed by atoms with Crippen molar-refractivity contribution in [3.8, 4) is 11.3 Å². The molecule has 0 atom stereocenters. The van der Waals surface area contributed by atoms with E-state index in [0.29, 0.717) is 0 Å². The zero-order valence-electron chi connectivity index (χ0n) is 10.2. The molecule has 0 bridgehead atoms. The van der Waals surface area contributed by atoms with Gasteiger partial charge in [0.2, 0.25) is 0 Å². The molecule has 4 nitrogen and oxygen atoms in total. The Balaban J connectivity index is 1.94. The molecule has 0 aromatic carbocycles. The van der Waals surface area contributed by atoms with Gasteiger partial charge in [-0.05, 0) is 30.0 Å². The minimum Gasteiger partial charge on any atom is -0.346 e. The van der Waals surface area contributed by atoms with Gasteiger partial charge in [-0.25, -0.2) is 0 Å². The SMILES string of the molecule is C1=C2CNCCn3cc(-c4ccn[nH]4)c(c32)CC1. The molecule has 0 spiro atoms. The molecule has 4 rings (SSSR count). The molecular weight excluding hydrogens is 224 g/mol. The molecule has 2 aromatic rings. The zero-order valence-corrected chi connectivity index (χ0v) is 10.2. The predicted molar refractivity (Wildman–Crippen MR) is 71.2 cm³/mol. The number of hydrogen-bond donors (Lipinski definition) is 2. The largest absolute Gasteiger partial charge is 0.346 e. The highest BCUT2D eigenvalue weighted by atomic mass is 15.1. The van der Waals surface area contributed by atoms with Gasteiger partial charge >= 0.3 is 0 Å². The minimum atomic E-state index is 0.999. The molecule has 18 heavy (non-hydrogen) atoms. The number of allylic oxidation sites excluding steroid dienone is 1. The molecule has 3 heterocycles. The van der Waals surface area contributed by atoms with Crippen molar-refractivity contribution in [1.82, 2.24) is 20.1 Å². The fourth-order valence-corrected chi connectivity index (χ4v) is 3.11. The highest BCUT2D eigenvalue weighted by Crippen LogP contribution is 2.35. The number of H-pyrrole nitrogens is 1. The van der Waals surface area contributed by atoms with Crippen LogP contribution < -0.4 is 5.32 Å². The maximum absolute atomic E-state index is 4.07. The molecule has 2 aromatic heterocycles. The fraction of sp³-hybridized carbons (Fsp3) is 0.357. The normalized spacial score (nSPS) is 18.1. The monoisotopic (exact) mass is 240 g/mol. The van der Waals surface area contributed by atoms with Gasteiger partial charge in [0.15, 0.2) is 0 Å². The minimum absolute atomic E-state index is 0.999. The molecule has 1 aliphatic carbocycles. The van der Waals surface area contributed by atoms with Crippen LogP contribution in [0.15, 0.2) is 24.5 Å². The Bertz CT molecular complexity index is 604. The first-order chi connectivity index (χ1) is 8.93. The lowest BCUT2D eigenvalue weighted by Gasteiger charge is -2.15. The summed E-state index contributed by atoms with van der Waals surface area (Å²) in [7, 11) is 0. The number of rotatable bonds is 1. The molecule has 0 amide bonds. The van der Waals surface area contributed by atoms with Gasteiger partial charge in [0.1, 0.15) is 0 Å². The van der Waals surface area contributed by atoms with E-state index in [-0.39, 0.29) is 0 Å². The number of aromatic amines is 1. The smallest absolute Gasteiger partial charge is 0.0668 e. The second-order valence-electron chi connectivity index (χ2n) is 4.98. The van der Waals surface area contributed by atoms with Gasteiger partial charge in [-0.15, -0.1) is 0 Å². The third-order valence-corrected chi connectivity index (χ3v) is 3.91. The molecule has 4 heteroatoms. The summed E-state index contributed by atoms with van der Waals surface area (Å²) in [5, 5.41) is 10.7. The van der Waals surface area contributed by atoms with E-state index >= 15 is 0 Å². The van der Waals surface area contributed by atoms with Gasteiger partial charge in [0.05, 0.1) is 5.69 Å². The average molecular weight is 240 g/mol. The van der Waals surface area contributed by atoms with Gasteiger partial charge in [-0.1, -0.05) is 6.08 Å².